The zero-order valence-corrected chi connectivity index (χ0v) is 30.8. The number of thiophene rings is 1. The van der Waals surface area contributed by atoms with Crippen molar-refractivity contribution >= 4 is 40.9 Å². The van der Waals surface area contributed by atoms with Gasteiger partial charge < -0.3 is 31.1 Å². The van der Waals surface area contributed by atoms with Crippen molar-refractivity contribution in [1.82, 2.24) is 21.3 Å². The molecule has 12 heteroatoms. The van der Waals surface area contributed by atoms with Gasteiger partial charge in [-0.1, -0.05) is 103 Å². The number of hydrogen-bond donors (Lipinski definition) is 5. The summed E-state index contributed by atoms with van der Waals surface area (Å²) >= 11 is 1.43. The summed E-state index contributed by atoms with van der Waals surface area (Å²) in [5, 5.41) is 23.1. The Kier molecular flexibility index (Phi) is 13.0. The molecule has 4 atom stereocenters. The van der Waals surface area contributed by atoms with Crippen LogP contribution in [0, 0.1) is 0 Å². The van der Waals surface area contributed by atoms with E-state index < -0.39 is 53.8 Å². The van der Waals surface area contributed by atoms with Crippen LogP contribution < -0.4 is 26.0 Å². The average molecular weight is 759 g/mol. The van der Waals surface area contributed by atoms with Crippen LogP contribution >= 0.6 is 11.3 Å². The number of amides is 4. The van der Waals surface area contributed by atoms with Gasteiger partial charge in [-0.25, -0.2) is 4.79 Å². The number of hydrogen-bond acceptors (Lipinski definition) is 7. The van der Waals surface area contributed by atoms with Gasteiger partial charge in [0.25, 0.3) is 5.91 Å². The molecule has 2 aliphatic heterocycles. The highest BCUT2D eigenvalue weighted by atomic mass is 32.1. The molecule has 2 aliphatic rings. The number of aliphatic carboxylic acids is 1. The molecule has 11 nitrogen and oxygen atoms in total. The molecule has 4 amide bonds. The largest absolute Gasteiger partial charge is 0.484 e. The van der Waals surface area contributed by atoms with Crippen molar-refractivity contribution in [1.29, 1.82) is 0 Å². The smallest absolute Gasteiger partial charge is 0.326 e. The third-order valence-electron chi connectivity index (χ3n) is 9.32. The number of carbonyl (C=O) groups excluding carboxylic acids is 4. The molecular weight excluding hydrogens is 717 g/mol. The number of ether oxygens (including phenoxy) is 1. The Bertz CT molecular complexity index is 2060. The van der Waals surface area contributed by atoms with Crippen molar-refractivity contribution in [3.8, 4) is 16.9 Å². The fourth-order valence-electron chi connectivity index (χ4n) is 6.33. The van der Waals surface area contributed by atoms with E-state index in [1.807, 2.05) is 102 Å². The zero-order chi connectivity index (χ0) is 38.6. The first-order valence-electron chi connectivity index (χ1n) is 18.1. The molecule has 0 saturated heterocycles. The highest BCUT2D eigenvalue weighted by Gasteiger charge is 2.32. The van der Waals surface area contributed by atoms with Crippen molar-refractivity contribution in [2.75, 3.05) is 6.61 Å². The number of rotatable bonds is 9. The summed E-state index contributed by atoms with van der Waals surface area (Å²) in [5.41, 5.74) is 4.27. The summed E-state index contributed by atoms with van der Waals surface area (Å²) in [4.78, 5) is 68.7. The van der Waals surface area contributed by atoms with E-state index in [9.17, 15) is 29.1 Å². The first-order valence-corrected chi connectivity index (χ1v) is 18.9. The van der Waals surface area contributed by atoms with Gasteiger partial charge in [-0.05, 0) is 64.2 Å². The predicted octanol–water partition coefficient (Wildman–Crippen LogP) is 4.49. The molecule has 0 unspecified atom stereocenters. The molecule has 5 N–H and O–H groups in total. The van der Waals surface area contributed by atoms with Gasteiger partial charge in [-0.3, -0.25) is 19.2 Å². The van der Waals surface area contributed by atoms with Gasteiger partial charge in [0.05, 0.1) is 0 Å². The third kappa shape index (κ3) is 11.1. The Morgan fingerprint density at radius 3 is 1.91 bits per heavy atom. The van der Waals surface area contributed by atoms with Crippen molar-refractivity contribution in [2.45, 2.75) is 56.3 Å². The second-order valence-electron chi connectivity index (χ2n) is 13.4. The second kappa shape index (κ2) is 18.7. The van der Waals surface area contributed by atoms with Crippen LogP contribution in [0.3, 0.4) is 0 Å². The minimum atomic E-state index is -1.31. The van der Waals surface area contributed by atoms with Crippen LogP contribution in [0.5, 0.6) is 5.75 Å². The fraction of sp³-hybridized carbons (Fsp3) is 0.233. The lowest BCUT2D eigenvalue weighted by Crippen LogP contribution is -2.59. The van der Waals surface area contributed by atoms with Crippen molar-refractivity contribution in [3.05, 3.63) is 148 Å². The van der Waals surface area contributed by atoms with Crippen LogP contribution in [0.15, 0.2) is 127 Å². The van der Waals surface area contributed by atoms with Crippen LogP contribution in [0.2, 0.25) is 0 Å². The lowest BCUT2D eigenvalue weighted by molar-refractivity contribution is -0.142. The molecule has 0 radical (unpaired) electrons. The molecule has 4 aromatic carbocycles. The Morgan fingerprint density at radius 2 is 1.25 bits per heavy atom. The van der Waals surface area contributed by atoms with Crippen LogP contribution in [-0.2, 0) is 49.7 Å². The normalized spacial score (nSPS) is 19.7. The molecule has 0 aliphatic carbocycles. The van der Waals surface area contributed by atoms with Gasteiger partial charge in [0.1, 0.15) is 29.9 Å². The predicted molar refractivity (Wildman–Crippen MR) is 209 cm³/mol. The van der Waals surface area contributed by atoms with Gasteiger partial charge in [-0.15, -0.1) is 11.3 Å². The molecule has 1 aromatic heterocycles. The maximum Gasteiger partial charge on any atom is 0.326 e. The summed E-state index contributed by atoms with van der Waals surface area (Å²) in [7, 11) is 0. The molecule has 0 fully saturated rings. The quantitative estimate of drug-likeness (QED) is 0.138. The van der Waals surface area contributed by atoms with Crippen LogP contribution in [-0.4, -0.2) is 65.5 Å². The molecule has 5 aromatic rings. The Hall–Kier alpha value is -6.27. The van der Waals surface area contributed by atoms with Crippen LogP contribution in [0.4, 0.5) is 0 Å². The lowest BCUT2D eigenvalue weighted by atomic mass is 9.99. The average Bonchev–Trinajstić information content (AvgIpc) is 3.72. The van der Waals surface area contributed by atoms with Gasteiger partial charge in [-0.2, -0.15) is 0 Å². The van der Waals surface area contributed by atoms with Gasteiger partial charge in [0.15, 0.2) is 6.61 Å². The summed E-state index contributed by atoms with van der Waals surface area (Å²) in [6, 6.07) is 32.4. The fourth-order valence-corrected chi connectivity index (χ4v) is 7.08. The van der Waals surface area contributed by atoms with E-state index in [0.29, 0.717) is 17.7 Å². The second-order valence-corrected chi connectivity index (χ2v) is 14.4. The summed E-state index contributed by atoms with van der Waals surface area (Å²) < 4.78 is 5.69. The van der Waals surface area contributed by atoms with Gasteiger partial charge in [0, 0.05) is 24.1 Å². The van der Waals surface area contributed by atoms with Crippen LogP contribution in [0.1, 0.15) is 28.0 Å². The van der Waals surface area contributed by atoms with Crippen LogP contribution in [0.25, 0.3) is 11.1 Å². The van der Waals surface area contributed by atoms with Crippen molar-refractivity contribution < 1.29 is 33.8 Å². The van der Waals surface area contributed by atoms with E-state index >= 15 is 0 Å². The number of carbonyl (C=O) groups is 5. The lowest BCUT2D eigenvalue weighted by Gasteiger charge is -2.26. The van der Waals surface area contributed by atoms with E-state index in [1.54, 1.807) is 24.3 Å². The Morgan fingerprint density at radius 1 is 0.636 bits per heavy atom. The number of carboxylic acid groups (broad SMARTS) is 1. The minimum Gasteiger partial charge on any atom is -0.484 e. The van der Waals surface area contributed by atoms with E-state index in [0.717, 1.165) is 27.1 Å². The first kappa shape index (κ1) is 38.5. The molecule has 55 heavy (non-hydrogen) atoms. The minimum absolute atomic E-state index is 0.0384. The molecule has 282 valence electrons. The summed E-state index contributed by atoms with van der Waals surface area (Å²) in [6.45, 7) is -0.387. The number of fused-ring (bicyclic) bond motifs is 16. The maximum absolute atomic E-state index is 14.3. The zero-order valence-electron chi connectivity index (χ0n) is 30.0. The molecule has 2 bridgehead atoms. The number of carboxylic acids is 1. The van der Waals surface area contributed by atoms with E-state index in [-0.39, 0.29) is 32.3 Å². The standard InChI is InChI=1S/C43H42N4O7S/c48-39-27-54-33-20-15-30(16-21-33)25-38(43(52)53)47-40(49)35(22-17-28-8-3-1-4-9-28)45-41(50)36(46-42(51)37(44-39)26-34-12-7-23-55-34)24-29-13-18-32(19-14-29)31-10-5-2-6-11-31/h1-16,18-21,23,35-38H,17,22,24-27H2,(H,44,48)(H,45,50)(H,46,51)(H,47,49)(H,52,53)/t35-,36+,37-,38+/m0/s1. The van der Waals surface area contributed by atoms with Gasteiger partial charge in [0.2, 0.25) is 17.7 Å². The Balaban J connectivity index is 1.33. The molecule has 7 rings (SSSR count). The third-order valence-corrected chi connectivity index (χ3v) is 10.2. The van der Waals surface area contributed by atoms with Crippen molar-refractivity contribution in [2.24, 2.45) is 0 Å². The van der Waals surface area contributed by atoms with Crippen molar-refractivity contribution in [3.63, 3.8) is 0 Å². The summed E-state index contributed by atoms with van der Waals surface area (Å²) in [6.07, 6.45) is 0.759. The van der Waals surface area contributed by atoms with E-state index in [2.05, 4.69) is 21.3 Å². The SMILES string of the molecule is O=C1COc2ccc(cc2)C[C@H](C(=O)O)NC(=O)[C@H](CCc2ccccc2)NC(=O)[C@@H](Cc2ccc(-c3ccccc3)cc2)NC(=O)[C@H](Cc2cccs2)N1. The number of nitrogens with one attached hydrogen (secondary N) is 4. The van der Waals surface area contributed by atoms with E-state index in [4.69, 9.17) is 4.74 Å². The topological polar surface area (TPSA) is 163 Å². The Labute approximate surface area is 323 Å². The number of benzene rings is 4. The first-order chi connectivity index (χ1) is 26.7. The highest BCUT2D eigenvalue weighted by Crippen LogP contribution is 2.21. The van der Waals surface area contributed by atoms with Gasteiger partial charge >= 0.3 is 5.97 Å². The molecule has 3 heterocycles. The molecule has 0 spiro atoms. The van der Waals surface area contributed by atoms with E-state index in [1.165, 1.54) is 11.3 Å². The number of aryl methyl sites for hydroxylation is 1. The monoisotopic (exact) mass is 758 g/mol. The molecule has 0 saturated carbocycles. The highest BCUT2D eigenvalue weighted by molar-refractivity contribution is 7.09. The maximum atomic E-state index is 14.3. The summed E-state index contributed by atoms with van der Waals surface area (Å²) in [5.74, 6) is -3.33. The molecular formula is C43H42N4O7S.